The van der Waals surface area contributed by atoms with Crippen molar-refractivity contribution in [3.05, 3.63) is 213 Å². The predicted molar refractivity (Wildman–Crippen MR) is 400 cm³/mol. The third-order valence-electron chi connectivity index (χ3n) is 17.5. The van der Waals surface area contributed by atoms with Gasteiger partial charge in [0.15, 0.2) is 10.4 Å². The van der Waals surface area contributed by atoms with E-state index < -0.39 is 34.6 Å². The number of carbonyl (C=O) groups excluding carboxylic acids is 6. The van der Waals surface area contributed by atoms with E-state index in [9.17, 15) is 43.2 Å². The normalized spacial score (nSPS) is 13.5. The molecule has 9 heterocycles. The first-order valence-corrected chi connectivity index (χ1v) is 34.1. The van der Waals surface area contributed by atoms with E-state index in [-0.39, 0.29) is 82.3 Å². The Hall–Kier alpha value is -10.8. The van der Waals surface area contributed by atoms with Crippen LogP contribution in [0.2, 0.25) is 0 Å². The summed E-state index contributed by atoms with van der Waals surface area (Å²) in [7, 11) is 4.91. The average Bonchev–Trinajstić information content (AvgIpc) is 0.847. The highest BCUT2D eigenvalue weighted by molar-refractivity contribution is 9.10. The lowest BCUT2D eigenvalue weighted by Crippen LogP contribution is -2.49. The van der Waals surface area contributed by atoms with E-state index in [0.717, 1.165) is 44.0 Å². The van der Waals surface area contributed by atoms with Gasteiger partial charge in [0.25, 0.3) is 34.4 Å². The second-order valence-corrected chi connectivity index (χ2v) is 25.0. The van der Waals surface area contributed by atoms with Crippen LogP contribution in [0.1, 0.15) is 110 Å². The highest BCUT2D eigenvalue weighted by Crippen LogP contribution is 2.35. The Labute approximate surface area is 603 Å². The minimum Gasteiger partial charge on any atom is -0.497 e. The van der Waals surface area contributed by atoms with Crippen molar-refractivity contribution in [3.8, 4) is 5.75 Å². The number of hydrogen-bond acceptors (Lipinski definition) is 19. The van der Waals surface area contributed by atoms with Gasteiger partial charge in [-0.3, -0.25) is 33.9 Å². The lowest BCUT2D eigenvalue weighted by molar-refractivity contribution is 0.0514. The molecule has 538 valence electrons. The van der Waals surface area contributed by atoms with Crippen molar-refractivity contribution in [2.24, 2.45) is 14.1 Å². The Morgan fingerprint density at radius 1 is 0.500 bits per heavy atom. The van der Waals surface area contributed by atoms with Crippen LogP contribution in [0.4, 0.5) is 17.1 Å². The number of aryl methyl sites for hydroxylation is 2. The Kier molecular flexibility index (Phi) is 26.0. The monoisotopic (exact) mass is 1480 g/mol. The highest BCUT2D eigenvalue weighted by atomic mass is 79.9. The molecule has 102 heavy (non-hydrogen) atoms. The van der Waals surface area contributed by atoms with E-state index >= 15 is 0 Å². The van der Waals surface area contributed by atoms with Crippen molar-refractivity contribution >= 4 is 113 Å². The molecule has 4 aromatic carbocycles. The van der Waals surface area contributed by atoms with Crippen LogP contribution in [-0.2, 0) is 34.9 Å². The van der Waals surface area contributed by atoms with Crippen LogP contribution in [-0.4, -0.2) is 180 Å². The highest BCUT2D eigenvalue weighted by Gasteiger charge is 2.34. The number of benzene rings is 4. The Morgan fingerprint density at radius 3 is 1.32 bits per heavy atom. The molecule has 3 aliphatic heterocycles. The summed E-state index contributed by atoms with van der Waals surface area (Å²) < 4.78 is 31.5. The molecule has 13 rings (SSSR count). The van der Waals surface area contributed by atoms with Gasteiger partial charge in [0.1, 0.15) is 28.1 Å². The number of furan rings is 1. The molecule has 0 unspecified atom stereocenters. The molecule has 0 atom stereocenters. The van der Waals surface area contributed by atoms with E-state index in [4.69, 9.17) is 23.4 Å². The standard InChI is InChI=1S/C29H29N3O5S.C22H22BrN3O5.C21H23N5O4.3CH4/c1-3-37-29(35)25-26(30-14-16-31(17-15-30)27(33)24-9-6-18-38-24)22-7-4-5-8-23(22)32(28(25)34)19-20-10-12-21(36-2)13-11-20;1-3-30-22(29)18-19(14-6-4-5-7-15(14)24(2)21(18)28)25-10-12-26(13-11-25)20(27)16-8-9-17(23)31-16;1-3-30-21(29)17-18(14-6-4-5-7-16(14)24(2)20(17)28)25-10-12-26(13-11-25)19(27)15-8-9-22-23-15;;;/h4-13,18H,3,14-17,19H2,1-2H3;4-9H,3,10-13H2,1-2H3;4-9H,3,10-13H2,1-2H3,(H,22,23);3*1H4. The van der Waals surface area contributed by atoms with E-state index in [0.29, 0.717) is 117 Å². The van der Waals surface area contributed by atoms with Crippen LogP contribution in [0.15, 0.2) is 162 Å². The van der Waals surface area contributed by atoms with E-state index in [1.54, 1.807) is 80.7 Å². The van der Waals surface area contributed by atoms with Gasteiger partial charge in [-0.15, -0.1) is 11.3 Å². The molecule has 3 fully saturated rings. The second kappa shape index (κ2) is 34.5. The van der Waals surface area contributed by atoms with Crippen molar-refractivity contribution in [1.29, 1.82) is 0 Å². The number of fused-ring (bicyclic) bond motifs is 3. The number of piperazine rings is 3. The Morgan fingerprint density at radius 2 is 0.922 bits per heavy atom. The van der Waals surface area contributed by atoms with Crippen molar-refractivity contribution < 1.29 is 52.1 Å². The number of amides is 3. The molecule has 0 bridgehead atoms. The zero-order chi connectivity index (χ0) is 70.0. The lowest BCUT2D eigenvalue weighted by Gasteiger charge is -2.37. The molecule has 6 aromatic heterocycles. The summed E-state index contributed by atoms with van der Waals surface area (Å²) in [5.41, 5.74) is 4.14. The Bertz CT molecular complexity index is 4810. The van der Waals surface area contributed by atoms with Gasteiger partial charge in [-0.05, 0) is 102 Å². The predicted octanol–water partition coefficient (Wildman–Crippen LogP) is 10.6. The fourth-order valence-corrected chi connectivity index (χ4v) is 13.6. The third-order valence-corrected chi connectivity index (χ3v) is 18.8. The molecule has 1 N–H and O–H groups in total. The first kappa shape index (κ1) is 76.9. The number of carbonyl (C=O) groups is 6. The molecular weight excluding hydrogens is 1390 g/mol. The zero-order valence-corrected chi connectivity index (χ0v) is 58.0. The van der Waals surface area contributed by atoms with E-state index in [1.165, 1.54) is 20.5 Å². The number of methoxy groups -OCH3 is 1. The number of esters is 3. The van der Waals surface area contributed by atoms with Gasteiger partial charge in [0.05, 0.1) is 72.0 Å². The van der Waals surface area contributed by atoms with Gasteiger partial charge >= 0.3 is 17.9 Å². The maximum absolute atomic E-state index is 14.0. The first-order chi connectivity index (χ1) is 48.0. The number of anilines is 3. The molecule has 0 saturated carbocycles. The maximum Gasteiger partial charge on any atom is 0.345 e. The summed E-state index contributed by atoms with van der Waals surface area (Å²) in [4.78, 5) is 129. The fraction of sp³-hybridized carbons (Fsp3) is 0.333. The molecule has 0 spiro atoms. The summed E-state index contributed by atoms with van der Waals surface area (Å²) in [5.74, 6) is -1.21. The van der Waals surface area contributed by atoms with Crippen LogP contribution in [0.3, 0.4) is 0 Å². The second-order valence-electron chi connectivity index (χ2n) is 23.2. The van der Waals surface area contributed by atoms with Crippen molar-refractivity contribution in [3.63, 3.8) is 0 Å². The number of H-pyrrole nitrogens is 1. The lowest BCUT2D eigenvalue weighted by atomic mass is 10.0. The van der Waals surface area contributed by atoms with Crippen LogP contribution in [0.5, 0.6) is 5.75 Å². The summed E-state index contributed by atoms with van der Waals surface area (Å²) in [6.45, 7) is 11.6. The number of thiophene rings is 1. The molecule has 3 amide bonds. The van der Waals surface area contributed by atoms with Gasteiger partial charge in [-0.1, -0.05) is 95.1 Å². The van der Waals surface area contributed by atoms with Crippen LogP contribution < -0.4 is 36.1 Å². The molecule has 0 radical (unpaired) electrons. The van der Waals surface area contributed by atoms with Crippen LogP contribution in [0.25, 0.3) is 32.7 Å². The molecule has 3 aliphatic rings. The fourth-order valence-electron chi connectivity index (χ4n) is 12.7. The largest absolute Gasteiger partial charge is 0.497 e. The number of rotatable bonds is 15. The number of aromatic nitrogens is 5. The number of hydrogen-bond donors (Lipinski definition) is 1. The smallest absolute Gasteiger partial charge is 0.345 e. The van der Waals surface area contributed by atoms with Gasteiger partial charge in [-0.25, -0.2) is 14.4 Å². The number of nitrogens with zero attached hydrogens (tertiary/aromatic N) is 10. The SMILES string of the molecule is C.C.C.CCOC(=O)c1c(N2CCN(C(=O)c3ccc(Br)o3)CC2)c2ccccc2n(C)c1=O.CCOC(=O)c1c(N2CCN(C(=O)c3cccs3)CC2)c2ccccc2n(Cc2ccc(OC)cc2)c1=O.CCOC(=O)c1c(N2CCN(C(=O)c3ccn[nH]3)CC2)c2ccccc2n(C)c1=O. The van der Waals surface area contributed by atoms with Gasteiger partial charge in [-0.2, -0.15) is 5.10 Å². The summed E-state index contributed by atoms with van der Waals surface area (Å²) >= 11 is 4.64. The van der Waals surface area contributed by atoms with Crippen LogP contribution in [0, 0.1) is 0 Å². The molecule has 25 nitrogen and oxygen atoms in total. The number of halogens is 1. The molecule has 27 heteroatoms. The molecule has 10 aromatic rings. The van der Waals surface area contributed by atoms with Crippen LogP contribution >= 0.6 is 27.3 Å². The summed E-state index contributed by atoms with van der Waals surface area (Å²) in [5, 5.41) is 10.8. The average molecular weight is 1480 g/mol. The maximum atomic E-state index is 14.0. The number of pyridine rings is 3. The quantitative estimate of drug-likeness (QED) is 0.0738. The molecular formula is C75H86BrN11O14S. The Balaban J connectivity index is 0.000000193. The number of para-hydroxylation sites is 3. The minimum atomic E-state index is -0.640. The zero-order valence-electron chi connectivity index (χ0n) is 55.6. The first-order valence-electron chi connectivity index (χ1n) is 32.4. The number of ether oxygens (including phenoxy) is 4. The minimum absolute atomic E-state index is 0. The van der Waals surface area contributed by atoms with Gasteiger partial charge in [0, 0.05) is 115 Å². The van der Waals surface area contributed by atoms with E-state index in [1.807, 2.05) is 134 Å². The molecule has 0 aliphatic carbocycles. The van der Waals surface area contributed by atoms with Gasteiger partial charge in [0.2, 0.25) is 0 Å². The van der Waals surface area contributed by atoms with Crippen molar-refractivity contribution in [1.82, 2.24) is 38.6 Å². The molecule has 3 saturated heterocycles. The number of aromatic amines is 1. The van der Waals surface area contributed by atoms with Gasteiger partial charge < -0.3 is 66.5 Å². The van der Waals surface area contributed by atoms with Crippen molar-refractivity contribution in [2.45, 2.75) is 49.6 Å². The third kappa shape index (κ3) is 16.0. The number of nitrogens with one attached hydrogen (secondary N) is 1. The summed E-state index contributed by atoms with van der Waals surface area (Å²) in [6.07, 6.45) is 1.54. The summed E-state index contributed by atoms with van der Waals surface area (Å²) in [6, 6.07) is 38.7. The topological polar surface area (TPSA) is 267 Å². The van der Waals surface area contributed by atoms with Crippen molar-refractivity contribution in [2.75, 3.05) is 120 Å². The van der Waals surface area contributed by atoms with E-state index in [2.05, 4.69) is 26.1 Å².